The van der Waals surface area contributed by atoms with Crippen molar-refractivity contribution < 1.29 is 4.92 Å². The maximum Gasteiger partial charge on any atom is 0.354 e. The summed E-state index contributed by atoms with van der Waals surface area (Å²) in [6.45, 7) is 0. The number of hydrogen-bond donors (Lipinski definition) is 3. The first-order valence-corrected chi connectivity index (χ1v) is 6.18. The SMILES string of the molecule is NNc1ncnc(NC2CCSC2)c1[N+](=O)[O-]. The number of nitrogens with zero attached hydrogens (tertiary/aromatic N) is 3. The predicted molar refractivity (Wildman–Crippen MR) is 65.8 cm³/mol. The van der Waals surface area contributed by atoms with Gasteiger partial charge >= 0.3 is 5.69 Å². The van der Waals surface area contributed by atoms with Gasteiger partial charge in [0.2, 0.25) is 11.6 Å². The van der Waals surface area contributed by atoms with Crippen molar-refractivity contribution >= 4 is 29.1 Å². The van der Waals surface area contributed by atoms with Crippen molar-refractivity contribution in [1.82, 2.24) is 9.97 Å². The summed E-state index contributed by atoms with van der Waals surface area (Å²) in [6, 6.07) is 0.208. The van der Waals surface area contributed by atoms with Crippen LogP contribution in [0.3, 0.4) is 0 Å². The highest BCUT2D eigenvalue weighted by molar-refractivity contribution is 7.99. The molecular formula is C8H12N6O2S. The Morgan fingerprint density at radius 3 is 2.88 bits per heavy atom. The lowest BCUT2D eigenvalue weighted by Crippen LogP contribution is -2.21. The predicted octanol–water partition coefficient (Wildman–Crippen LogP) is 0.588. The van der Waals surface area contributed by atoms with Gasteiger partial charge in [0.15, 0.2) is 0 Å². The number of anilines is 2. The first-order chi connectivity index (χ1) is 8.22. The van der Waals surface area contributed by atoms with Crippen molar-refractivity contribution in [3.05, 3.63) is 16.4 Å². The van der Waals surface area contributed by atoms with Gasteiger partial charge in [-0.3, -0.25) is 10.1 Å². The van der Waals surface area contributed by atoms with Gasteiger partial charge in [0.1, 0.15) is 6.33 Å². The Morgan fingerprint density at radius 2 is 2.29 bits per heavy atom. The molecule has 1 aromatic rings. The van der Waals surface area contributed by atoms with E-state index in [1.165, 1.54) is 6.33 Å². The number of nitro groups is 1. The number of thioether (sulfide) groups is 1. The van der Waals surface area contributed by atoms with Crippen LogP contribution in [0.15, 0.2) is 6.33 Å². The van der Waals surface area contributed by atoms with E-state index < -0.39 is 4.92 Å². The molecule has 1 unspecified atom stereocenters. The molecule has 0 amide bonds. The molecule has 92 valence electrons. The molecule has 1 aromatic heterocycles. The third kappa shape index (κ3) is 2.56. The van der Waals surface area contributed by atoms with Crippen LogP contribution in [0.1, 0.15) is 6.42 Å². The molecule has 0 saturated carbocycles. The van der Waals surface area contributed by atoms with Crippen molar-refractivity contribution in [3.63, 3.8) is 0 Å². The van der Waals surface area contributed by atoms with Crippen molar-refractivity contribution in [3.8, 4) is 0 Å². The van der Waals surface area contributed by atoms with Crippen molar-refractivity contribution in [2.45, 2.75) is 12.5 Å². The van der Waals surface area contributed by atoms with Gasteiger partial charge < -0.3 is 10.7 Å². The van der Waals surface area contributed by atoms with E-state index in [1.54, 1.807) is 0 Å². The van der Waals surface area contributed by atoms with Crippen LogP contribution in [0.5, 0.6) is 0 Å². The standard InChI is InChI=1S/C8H12N6O2S/c9-13-8-6(14(15)16)7(10-4-11-8)12-5-1-2-17-3-5/h4-5H,1-3,9H2,(H2,10,11,12,13). The molecule has 1 aliphatic heterocycles. The number of hydrazine groups is 1. The molecule has 0 aromatic carbocycles. The maximum absolute atomic E-state index is 11.0. The molecule has 17 heavy (non-hydrogen) atoms. The van der Waals surface area contributed by atoms with Crippen LogP contribution in [0.25, 0.3) is 0 Å². The summed E-state index contributed by atoms with van der Waals surface area (Å²) in [5.41, 5.74) is 1.99. The van der Waals surface area contributed by atoms with Crippen molar-refractivity contribution in [1.29, 1.82) is 0 Å². The average molecular weight is 256 g/mol. The van der Waals surface area contributed by atoms with E-state index in [4.69, 9.17) is 5.84 Å². The Balaban J connectivity index is 2.28. The summed E-state index contributed by atoms with van der Waals surface area (Å²) in [5.74, 6) is 7.39. The van der Waals surface area contributed by atoms with Gasteiger partial charge in [-0.15, -0.1) is 0 Å². The molecule has 1 atom stereocenters. The molecule has 9 heteroatoms. The molecular weight excluding hydrogens is 244 g/mol. The topological polar surface area (TPSA) is 119 Å². The molecule has 4 N–H and O–H groups in total. The molecule has 0 spiro atoms. The summed E-state index contributed by atoms with van der Waals surface area (Å²) >= 11 is 1.81. The fourth-order valence-electron chi connectivity index (χ4n) is 1.60. The van der Waals surface area contributed by atoms with Crippen LogP contribution in [-0.2, 0) is 0 Å². The Bertz CT molecular complexity index is 422. The van der Waals surface area contributed by atoms with E-state index >= 15 is 0 Å². The smallest absolute Gasteiger partial charge is 0.354 e. The molecule has 8 nitrogen and oxygen atoms in total. The zero-order valence-electron chi connectivity index (χ0n) is 8.92. The van der Waals surface area contributed by atoms with Crippen LogP contribution >= 0.6 is 11.8 Å². The van der Waals surface area contributed by atoms with Gasteiger partial charge in [0, 0.05) is 11.8 Å². The average Bonchev–Trinajstić information content (AvgIpc) is 2.81. The second-order valence-electron chi connectivity index (χ2n) is 3.53. The third-order valence-corrected chi connectivity index (χ3v) is 3.57. The number of hydrogen-bond acceptors (Lipinski definition) is 8. The Kier molecular flexibility index (Phi) is 3.59. The molecule has 0 radical (unpaired) electrons. The lowest BCUT2D eigenvalue weighted by Gasteiger charge is -2.12. The number of nitrogens with two attached hydrogens (primary N) is 1. The minimum absolute atomic E-state index is 0.0122. The van der Waals surface area contributed by atoms with Crippen LogP contribution < -0.4 is 16.6 Å². The third-order valence-electron chi connectivity index (χ3n) is 2.41. The van der Waals surface area contributed by atoms with E-state index in [1.807, 2.05) is 11.8 Å². The quantitative estimate of drug-likeness (QED) is 0.407. The van der Waals surface area contributed by atoms with Crippen molar-refractivity contribution in [2.75, 3.05) is 22.2 Å². The van der Waals surface area contributed by atoms with Crippen molar-refractivity contribution in [2.24, 2.45) is 5.84 Å². The Morgan fingerprint density at radius 1 is 1.53 bits per heavy atom. The van der Waals surface area contributed by atoms with Crippen LogP contribution in [0.4, 0.5) is 17.3 Å². The minimum Gasteiger partial charge on any atom is -0.361 e. The highest BCUT2D eigenvalue weighted by Gasteiger charge is 2.25. The second kappa shape index (κ2) is 5.15. The molecule has 1 saturated heterocycles. The van der Waals surface area contributed by atoms with E-state index in [9.17, 15) is 10.1 Å². The number of aromatic nitrogens is 2. The van der Waals surface area contributed by atoms with E-state index in [-0.39, 0.29) is 23.4 Å². The lowest BCUT2D eigenvalue weighted by molar-refractivity contribution is -0.383. The van der Waals surface area contributed by atoms with E-state index in [0.29, 0.717) is 0 Å². The number of nitrogen functional groups attached to an aromatic ring is 1. The van der Waals surface area contributed by atoms with Gasteiger partial charge in [-0.25, -0.2) is 15.8 Å². The Labute approximate surface area is 102 Å². The monoisotopic (exact) mass is 256 g/mol. The van der Waals surface area contributed by atoms with Crippen LogP contribution in [0, 0.1) is 10.1 Å². The highest BCUT2D eigenvalue weighted by Crippen LogP contribution is 2.30. The molecule has 1 aliphatic rings. The summed E-state index contributed by atoms with van der Waals surface area (Å²) in [7, 11) is 0. The number of rotatable bonds is 4. The summed E-state index contributed by atoms with van der Waals surface area (Å²) in [6.07, 6.45) is 2.21. The van der Waals surface area contributed by atoms with E-state index in [2.05, 4.69) is 20.7 Å². The van der Waals surface area contributed by atoms with Gasteiger partial charge in [0.25, 0.3) is 0 Å². The zero-order valence-corrected chi connectivity index (χ0v) is 9.74. The number of nitrogens with one attached hydrogen (secondary N) is 2. The van der Waals surface area contributed by atoms with Gasteiger partial charge in [0.05, 0.1) is 4.92 Å². The Hall–Kier alpha value is -1.61. The summed E-state index contributed by atoms with van der Waals surface area (Å²) in [4.78, 5) is 18.0. The van der Waals surface area contributed by atoms with Crippen LogP contribution in [-0.4, -0.2) is 32.4 Å². The molecule has 2 heterocycles. The molecule has 1 fully saturated rings. The zero-order chi connectivity index (χ0) is 12.3. The molecule has 2 rings (SSSR count). The second-order valence-corrected chi connectivity index (χ2v) is 4.68. The largest absolute Gasteiger partial charge is 0.361 e. The highest BCUT2D eigenvalue weighted by atomic mass is 32.2. The fraction of sp³-hybridized carbons (Fsp3) is 0.500. The first kappa shape index (κ1) is 11.9. The van der Waals surface area contributed by atoms with Gasteiger partial charge in [-0.2, -0.15) is 11.8 Å². The normalized spacial score (nSPS) is 19.0. The lowest BCUT2D eigenvalue weighted by atomic mass is 10.2. The fourth-order valence-corrected chi connectivity index (χ4v) is 2.76. The molecule has 0 bridgehead atoms. The van der Waals surface area contributed by atoms with Gasteiger partial charge in [-0.1, -0.05) is 0 Å². The summed E-state index contributed by atoms with van der Waals surface area (Å²) in [5, 5.41) is 14.0. The first-order valence-electron chi connectivity index (χ1n) is 5.02. The van der Waals surface area contributed by atoms with E-state index in [0.717, 1.165) is 17.9 Å². The maximum atomic E-state index is 11.0. The molecule has 0 aliphatic carbocycles. The summed E-state index contributed by atoms with van der Waals surface area (Å²) < 4.78 is 0. The van der Waals surface area contributed by atoms with Gasteiger partial charge in [-0.05, 0) is 12.2 Å². The minimum atomic E-state index is -0.542. The van der Waals surface area contributed by atoms with Crippen LogP contribution in [0.2, 0.25) is 0 Å².